The monoisotopic (exact) mass is 286 g/mol. The van der Waals surface area contributed by atoms with Gasteiger partial charge < -0.3 is 15.3 Å². The summed E-state index contributed by atoms with van der Waals surface area (Å²) >= 11 is 0. The van der Waals surface area contributed by atoms with Crippen molar-refractivity contribution in [1.29, 1.82) is 0 Å². The minimum Gasteiger partial charge on any atom is -0.508 e. The molecule has 4 N–H and O–H groups in total. The molecule has 2 rings (SSSR count). The number of carbonyl (C=O) groups excluding carboxylic acids is 1. The Morgan fingerprint density at radius 3 is 2.24 bits per heavy atom. The van der Waals surface area contributed by atoms with Crippen LogP contribution in [0, 0.1) is 0 Å². The highest BCUT2D eigenvalue weighted by Gasteiger charge is 2.08. The highest BCUT2D eigenvalue weighted by molar-refractivity contribution is 6.02. The van der Waals surface area contributed by atoms with Crippen LogP contribution in [0.25, 0.3) is 0 Å². The van der Waals surface area contributed by atoms with Gasteiger partial charge >= 0.3 is 0 Å². The fraction of sp³-hybridized carbons (Fsp3) is 0.0667. The maximum absolute atomic E-state index is 11.8. The number of phenolic OH excluding ortho intramolecular Hbond substituents is 3. The molecular weight excluding hydrogens is 272 g/mol. The molecule has 0 aliphatic rings. The zero-order valence-corrected chi connectivity index (χ0v) is 11.2. The van der Waals surface area contributed by atoms with Crippen LogP contribution in [0.3, 0.4) is 0 Å². The number of rotatable bonds is 3. The Labute approximate surface area is 121 Å². The molecule has 0 aliphatic carbocycles. The fourth-order valence-electron chi connectivity index (χ4n) is 1.70. The molecule has 0 bridgehead atoms. The number of nitrogens with zero attached hydrogens (tertiary/aromatic N) is 1. The van der Waals surface area contributed by atoms with E-state index in [-0.39, 0.29) is 17.2 Å². The van der Waals surface area contributed by atoms with E-state index < -0.39 is 5.91 Å². The quantitative estimate of drug-likeness (QED) is 0.511. The summed E-state index contributed by atoms with van der Waals surface area (Å²) in [5, 5.41) is 32.0. The average molecular weight is 286 g/mol. The predicted octanol–water partition coefficient (Wildman–Crippen LogP) is 1.96. The number of aromatic hydroxyl groups is 3. The van der Waals surface area contributed by atoms with Gasteiger partial charge in [-0.1, -0.05) is 0 Å². The molecule has 0 saturated heterocycles. The first-order chi connectivity index (χ1) is 9.97. The molecule has 6 nitrogen and oxygen atoms in total. The molecule has 0 aliphatic heterocycles. The van der Waals surface area contributed by atoms with Gasteiger partial charge in [-0.2, -0.15) is 5.10 Å². The molecule has 0 atom stereocenters. The van der Waals surface area contributed by atoms with Crippen molar-refractivity contribution in [3.63, 3.8) is 0 Å². The molecule has 0 radical (unpaired) electrons. The van der Waals surface area contributed by atoms with E-state index in [0.29, 0.717) is 16.8 Å². The third-order valence-electron chi connectivity index (χ3n) is 2.83. The normalized spacial score (nSPS) is 11.2. The Morgan fingerprint density at radius 2 is 1.62 bits per heavy atom. The van der Waals surface area contributed by atoms with E-state index in [0.717, 1.165) is 0 Å². The van der Waals surface area contributed by atoms with Crippen molar-refractivity contribution in [1.82, 2.24) is 5.43 Å². The lowest BCUT2D eigenvalue weighted by atomic mass is 10.1. The summed E-state index contributed by atoms with van der Waals surface area (Å²) in [6.07, 6.45) is 0. The van der Waals surface area contributed by atoms with Gasteiger partial charge in [0.05, 0.1) is 5.71 Å². The molecule has 0 fully saturated rings. The fourth-order valence-corrected chi connectivity index (χ4v) is 1.70. The van der Waals surface area contributed by atoms with Gasteiger partial charge in [-0.05, 0) is 43.3 Å². The SMILES string of the molecule is C/C(=N/NC(=O)c1ccc(O)cc1)c1ccc(O)cc1O. The minimum absolute atomic E-state index is 0.0582. The highest BCUT2D eigenvalue weighted by Crippen LogP contribution is 2.23. The van der Waals surface area contributed by atoms with Crippen molar-refractivity contribution in [3.05, 3.63) is 53.6 Å². The lowest BCUT2D eigenvalue weighted by Crippen LogP contribution is -2.19. The topological polar surface area (TPSA) is 102 Å². The molecule has 0 heterocycles. The maximum Gasteiger partial charge on any atom is 0.271 e. The van der Waals surface area contributed by atoms with Crippen molar-refractivity contribution >= 4 is 11.6 Å². The van der Waals surface area contributed by atoms with Gasteiger partial charge in [0.1, 0.15) is 17.2 Å². The number of hydrogen-bond donors (Lipinski definition) is 4. The maximum atomic E-state index is 11.8. The molecule has 0 unspecified atom stereocenters. The van der Waals surface area contributed by atoms with Crippen LogP contribution in [0.1, 0.15) is 22.8 Å². The average Bonchev–Trinajstić information content (AvgIpc) is 2.45. The Morgan fingerprint density at radius 1 is 1.00 bits per heavy atom. The third-order valence-corrected chi connectivity index (χ3v) is 2.83. The van der Waals surface area contributed by atoms with Crippen molar-refractivity contribution in [2.75, 3.05) is 0 Å². The van der Waals surface area contributed by atoms with Crippen LogP contribution in [0.5, 0.6) is 17.2 Å². The molecule has 2 aromatic carbocycles. The van der Waals surface area contributed by atoms with Gasteiger partial charge in [0.2, 0.25) is 0 Å². The molecule has 0 spiro atoms. The van der Waals surface area contributed by atoms with Crippen LogP contribution in [0.15, 0.2) is 47.6 Å². The van der Waals surface area contributed by atoms with E-state index in [1.165, 1.54) is 42.5 Å². The van der Waals surface area contributed by atoms with E-state index in [1.54, 1.807) is 6.92 Å². The summed E-state index contributed by atoms with van der Waals surface area (Å²) in [4.78, 5) is 11.8. The number of nitrogens with one attached hydrogen (secondary N) is 1. The molecule has 0 aromatic heterocycles. The highest BCUT2D eigenvalue weighted by atomic mass is 16.3. The second kappa shape index (κ2) is 5.96. The first kappa shape index (κ1) is 14.4. The van der Waals surface area contributed by atoms with Gasteiger partial charge in [-0.25, -0.2) is 5.43 Å². The first-order valence-electron chi connectivity index (χ1n) is 6.13. The van der Waals surface area contributed by atoms with Crippen LogP contribution in [-0.2, 0) is 0 Å². The number of hydrazone groups is 1. The van der Waals surface area contributed by atoms with Gasteiger partial charge in [0.15, 0.2) is 0 Å². The second-order valence-electron chi connectivity index (χ2n) is 4.39. The van der Waals surface area contributed by atoms with Crippen molar-refractivity contribution in [3.8, 4) is 17.2 Å². The summed E-state index contributed by atoms with van der Waals surface area (Å²) in [6.45, 7) is 1.61. The largest absolute Gasteiger partial charge is 0.508 e. The van der Waals surface area contributed by atoms with Crippen LogP contribution in [0.2, 0.25) is 0 Å². The van der Waals surface area contributed by atoms with Gasteiger partial charge in [0.25, 0.3) is 5.91 Å². The molecule has 2 aromatic rings. The molecule has 0 saturated carbocycles. The Hall–Kier alpha value is -3.02. The van der Waals surface area contributed by atoms with Gasteiger partial charge in [0, 0.05) is 17.2 Å². The standard InChI is InChI=1S/C15H14N2O4/c1-9(13-7-6-12(19)8-14(13)20)16-17-15(21)10-2-4-11(18)5-3-10/h2-8,18-20H,1H3,(H,17,21)/b16-9-. The zero-order chi connectivity index (χ0) is 15.4. The van der Waals surface area contributed by atoms with Crippen LogP contribution in [0.4, 0.5) is 0 Å². The van der Waals surface area contributed by atoms with Crippen molar-refractivity contribution in [2.24, 2.45) is 5.10 Å². The number of phenols is 3. The van der Waals surface area contributed by atoms with Gasteiger partial charge in [-0.3, -0.25) is 4.79 Å². The molecule has 21 heavy (non-hydrogen) atoms. The smallest absolute Gasteiger partial charge is 0.271 e. The number of benzene rings is 2. The molecule has 108 valence electrons. The van der Waals surface area contributed by atoms with E-state index in [9.17, 15) is 15.0 Å². The Bertz CT molecular complexity index is 693. The van der Waals surface area contributed by atoms with Crippen LogP contribution >= 0.6 is 0 Å². The zero-order valence-electron chi connectivity index (χ0n) is 11.2. The third kappa shape index (κ3) is 3.50. The number of carbonyl (C=O) groups is 1. The number of hydrogen-bond acceptors (Lipinski definition) is 5. The molecule has 1 amide bonds. The second-order valence-corrected chi connectivity index (χ2v) is 4.39. The Balaban J connectivity index is 2.12. The summed E-state index contributed by atoms with van der Waals surface area (Å²) in [7, 11) is 0. The first-order valence-corrected chi connectivity index (χ1v) is 6.13. The van der Waals surface area contributed by atoms with Crippen molar-refractivity contribution in [2.45, 2.75) is 6.92 Å². The summed E-state index contributed by atoms with van der Waals surface area (Å²) < 4.78 is 0. The Kier molecular flexibility index (Phi) is 4.08. The van der Waals surface area contributed by atoms with E-state index in [2.05, 4.69) is 10.5 Å². The molecular formula is C15H14N2O4. The van der Waals surface area contributed by atoms with E-state index in [1.807, 2.05) is 0 Å². The van der Waals surface area contributed by atoms with E-state index >= 15 is 0 Å². The predicted molar refractivity (Wildman–Crippen MR) is 77.6 cm³/mol. The van der Waals surface area contributed by atoms with Crippen LogP contribution < -0.4 is 5.43 Å². The summed E-state index contributed by atoms with van der Waals surface area (Å²) in [6, 6.07) is 9.83. The lowest BCUT2D eigenvalue weighted by molar-refractivity contribution is 0.0955. The van der Waals surface area contributed by atoms with Crippen molar-refractivity contribution < 1.29 is 20.1 Å². The number of amides is 1. The lowest BCUT2D eigenvalue weighted by Gasteiger charge is -2.05. The summed E-state index contributed by atoms with van der Waals surface area (Å²) in [5.74, 6) is -0.555. The molecule has 6 heteroatoms. The summed E-state index contributed by atoms with van der Waals surface area (Å²) in [5.41, 5.74) is 3.49. The van der Waals surface area contributed by atoms with Crippen LogP contribution in [-0.4, -0.2) is 26.9 Å². The van der Waals surface area contributed by atoms with E-state index in [4.69, 9.17) is 5.11 Å². The van der Waals surface area contributed by atoms with Gasteiger partial charge in [-0.15, -0.1) is 0 Å². The minimum atomic E-state index is -0.437.